The summed E-state index contributed by atoms with van der Waals surface area (Å²) in [4.78, 5) is 13.7. The van der Waals surface area contributed by atoms with E-state index < -0.39 is 0 Å². The fraction of sp³-hybridized carbons (Fsp3) is 0.381. The molecule has 4 nitrogen and oxygen atoms in total. The molecule has 0 fully saturated rings. The third-order valence-corrected chi connectivity index (χ3v) is 4.10. The van der Waals surface area contributed by atoms with Crippen LogP contribution in [0.5, 0.6) is 5.75 Å². The van der Waals surface area contributed by atoms with Crippen LogP contribution in [-0.2, 0) is 4.79 Å². The van der Waals surface area contributed by atoms with Gasteiger partial charge >= 0.3 is 0 Å². The fourth-order valence-corrected chi connectivity index (χ4v) is 3.11. The zero-order chi connectivity index (χ0) is 18.4. The summed E-state index contributed by atoms with van der Waals surface area (Å²) in [7, 11) is 4.16. The van der Waals surface area contributed by atoms with Crippen LogP contribution in [0.2, 0.25) is 0 Å². The minimum absolute atomic E-state index is 0.0246. The number of hydrogen-bond donors (Lipinski definition) is 2. The van der Waals surface area contributed by atoms with Gasteiger partial charge in [-0.3, -0.25) is 4.79 Å². The van der Waals surface area contributed by atoms with Gasteiger partial charge in [0.15, 0.2) is 6.61 Å². The van der Waals surface area contributed by atoms with Gasteiger partial charge < -0.3 is 15.0 Å². The van der Waals surface area contributed by atoms with Crippen LogP contribution in [0.25, 0.3) is 0 Å². The van der Waals surface area contributed by atoms with E-state index in [9.17, 15) is 4.79 Å². The summed E-state index contributed by atoms with van der Waals surface area (Å²) in [5, 5.41) is 3.10. The lowest BCUT2D eigenvalue weighted by Crippen LogP contribution is -3.06. The predicted molar refractivity (Wildman–Crippen MR) is 101 cm³/mol. The summed E-state index contributed by atoms with van der Waals surface area (Å²) in [5.74, 6) is 0.699. The number of carbonyl (C=O) groups is 1. The van der Waals surface area contributed by atoms with Gasteiger partial charge in [-0.15, -0.1) is 0 Å². The van der Waals surface area contributed by atoms with Gasteiger partial charge in [-0.2, -0.15) is 0 Å². The summed E-state index contributed by atoms with van der Waals surface area (Å²) >= 11 is 0. The SMILES string of the molecule is Cc1cc(C)c(OCC(=O)N[C@@H](C[NH+](C)C)c2ccccc2)c(C)c1. The van der Waals surface area contributed by atoms with E-state index in [-0.39, 0.29) is 18.6 Å². The normalized spacial score (nSPS) is 12.1. The van der Waals surface area contributed by atoms with Crippen molar-refractivity contribution in [2.24, 2.45) is 0 Å². The third-order valence-electron chi connectivity index (χ3n) is 4.10. The van der Waals surface area contributed by atoms with Gasteiger partial charge in [0.1, 0.15) is 18.3 Å². The smallest absolute Gasteiger partial charge is 0.258 e. The molecular formula is C21H29N2O2+. The maximum Gasteiger partial charge on any atom is 0.258 e. The van der Waals surface area contributed by atoms with Crippen LogP contribution in [0.1, 0.15) is 28.3 Å². The molecule has 0 aromatic heterocycles. The topological polar surface area (TPSA) is 42.8 Å². The Balaban J connectivity index is 2.02. The minimum Gasteiger partial charge on any atom is -0.483 e. The third kappa shape index (κ3) is 5.61. The highest BCUT2D eigenvalue weighted by Crippen LogP contribution is 2.24. The Hall–Kier alpha value is -2.33. The number of likely N-dealkylation sites (N-methyl/N-ethyl adjacent to an activating group) is 1. The summed E-state index contributed by atoms with van der Waals surface area (Å²) in [5.41, 5.74) is 4.43. The lowest BCUT2D eigenvalue weighted by atomic mass is 10.1. The van der Waals surface area contributed by atoms with Crippen molar-refractivity contribution < 1.29 is 14.4 Å². The van der Waals surface area contributed by atoms with Crippen molar-refractivity contribution in [2.75, 3.05) is 27.2 Å². The Bertz CT molecular complexity index is 688. The zero-order valence-electron chi connectivity index (χ0n) is 15.8. The van der Waals surface area contributed by atoms with Gasteiger partial charge in [-0.25, -0.2) is 0 Å². The van der Waals surface area contributed by atoms with Gasteiger partial charge in [0, 0.05) is 0 Å². The number of benzene rings is 2. The quantitative estimate of drug-likeness (QED) is 0.809. The lowest BCUT2D eigenvalue weighted by molar-refractivity contribution is -0.860. The molecule has 1 atom stereocenters. The van der Waals surface area contributed by atoms with Crippen LogP contribution in [-0.4, -0.2) is 33.2 Å². The van der Waals surface area contributed by atoms with Crippen LogP contribution < -0.4 is 15.0 Å². The number of carbonyl (C=O) groups excluding carboxylic acids is 1. The van der Waals surface area contributed by atoms with E-state index in [0.29, 0.717) is 0 Å². The minimum atomic E-state index is -0.102. The first kappa shape index (κ1) is 19.0. The Morgan fingerprint density at radius 2 is 1.68 bits per heavy atom. The highest BCUT2D eigenvalue weighted by atomic mass is 16.5. The summed E-state index contributed by atoms with van der Waals surface area (Å²) in [6.45, 7) is 6.92. The molecule has 0 aliphatic carbocycles. The van der Waals surface area contributed by atoms with Crippen molar-refractivity contribution >= 4 is 5.91 Å². The summed E-state index contributed by atoms with van der Waals surface area (Å²) < 4.78 is 5.81. The molecule has 1 amide bonds. The van der Waals surface area contributed by atoms with Crippen LogP contribution >= 0.6 is 0 Å². The molecule has 2 aromatic rings. The van der Waals surface area contributed by atoms with E-state index >= 15 is 0 Å². The number of hydrogen-bond acceptors (Lipinski definition) is 2. The fourth-order valence-electron chi connectivity index (χ4n) is 3.11. The Labute approximate surface area is 150 Å². The average molecular weight is 341 g/mol. The molecule has 0 unspecified atom stereocenters. The summed E-state index contributed by atoms with van der Waals surface area (Å²) in [6, 6.07) is 14.2. The van der Waals surface area contributed by atoms with Gasteiger partial charge in [0.05, 0.1) is 14.1 Å². The highest BCUT2D eigenvalue weighted by molar-refractivity contribution is 5.78. The van der Waals surface area contributed by atoms with Gasteiger partial charge in [0.25, 0.3) is 5.91 Å². The number of rotatable bonds is 7. The van der Waals surface area contributed by atoms with E-state index in [4.69, 9.17) is 4.74 Å². The molecule has 2 N–H and O–H groups in total. The molecular weight excluding hydrogens is 312 g/mol. The van der Waals surface area contributed by atoms with E-state index in [1.807, 2.05) is 44.2 Å². The van der Waals surface area contributed by atoms with Gasteiger partial charge in [-0.1, -0.05) is 48.0 Å². The number of nitrogens with one attached hydrogen (secondary N) is 2. The van der Waals surface area contributed by atoms with Crippen molar-refractivity contribution in [1.29, 1.82) is 0 Å². The summed E-state index contributed by atoms with van der Waals surface area (Å²) in [6.07, 6.45) is 0. The molecule has 2 rings (SSSR count). The monoisotopic (exact) mass is 341 g/mol. The maximum absolute atomic E-state index is 12.4. The van der Waals surface area contributed by atoms with Crippen LogP contribution in [0, 0.1) is 20.8 Å². The second-order valence-corrected chi connectivity index (χ2v) is 6.96. The number of ether oxygens (including phenoxy) is 1. The van der Waals surface area contributed by atoms with E-state index in [1.165, 1.54) is 10.5 Å². The molecule has 0 saturated heterocycles. The Morgan fingerprint density at radius 1 is 1.08 bits per heavy atom. The first-order chi connectivity index (χ1) is 11.9. The molecule has 2 aromatic carbocycles. The van der Waals surface area contributed by atoms with Crippen LogP contribution in [0.15, 0.2) is 42.5 Å². The standard InChI is InChI=1S/C21H28N2O2/c1-15-11-16(2)21(17(3)12-15)25-14-20(24)22-19(13-23(4)5)18-9-7-6-8-10-18/h6-12,19H,13-14H2,1-5H3,(H,22,24)/p+1/t19-/m0/s1. The Kier molecular flexibility index (Phi) is 6.59. The molecule has 134 valence electrons. The molecule has 0 aliphatic rings. The van der Waals surface area contributed by atoms with Crippen molar-refractivity contribution in [3.8, 4) is 5.75 Å². The van der Waals surface area contributed by atoms with Crippen molar-refractivity contribution in [3.05, 3.63) is 64.7 Å². The first-order valence-corrected chi connectivity index (χ1v) is 8.71. The second kappa shape index (κ2) is 8.67. The lowest BCUT2D eigenvalue weighted by Gasteiger charge is -2.21. The predicted octanol–water partition coefficient (Wildman–Crippen LogP) is 1.99. The van der Waals surface area contributed by atoms with Crippen LogP contribution in [0.4, 0.5) is 0 Å². The van der Waals surface area contributed by atoms with Gasteiger partial charge in [0.2, 0.25) is 0 Å². The number of aryl methyl sites for hydroxylation is 3. The molecule has 0 spiro atoms. The highest BCUT2D eigenvalue weighted by Gasteiger charge is 2.18. The second-order valence-electron chi connectivity index (χ2n) is 6.96. The molecule has 0 heterocycles. The molecule has 25 heavy (non-hydrogen) atoms. The van der Waals surface area contributed by atoms with Crippen molar-refractivity contribution in [3.63, 3.8) is 0 Å². The first-order valence-electron chi connectivity index (χ1n) is 8.71. The molecule has 0 saturated carbocycles. The number of amides is 1. The number of quaternary nitrogens is 1. The van der Waals surface area contributed by atoms with Crippen molar-refractivity contribution in [1.82, 2.24) is 5.32 Å². The van der Waals surface area contributed by atoms with Crippen molar-refractivity contribution in [2.45, 2.75) is 26.8 Å². The van der Waals surface area contributed by atoms with Crippen LogP contribution in [0.3, 0.4) is 0 Å². The molecule has 4 heteroatoms. The molecule has 0 aliphatic heterocycles. The molecule has 0 bridgehead atoms. The molecule has 0 radical (unpaired) electrons. The maximum atomic E-state index is 12.4. The van der Waals surface area contributed by atoms with E-state index in [0.717, 1.165) is 29.0 Å². The van der Waals surface area contributed by atoms with E-state index in [2.05, 4.69) is 38.5 Å². The zero-order valence-corrected chi connectivity index (χ0v) is 15.8. The average Bonchev–Trinajstić information content (AvgIpc) is 2.53. The Morgan fingerprint density at radius 3 is 2.24 bits per heavy atom. The largest absolute Gasteiger partial charge is 0.483 e. The van der Waals surface area contributed by atoms with E-state index in [1.54, 1.807) is 0 Å². The van der Waals surface area contributed by atoms with Gasteiger partial charge in [-0.05, 0) is 37.5 Å².